The molecule has 4 aromatic rings. The number of ether oxygens (including phenoxy) is 2. The van der Waals surface area contributed by atoms with E-state index in [9.17, 15) is 20.1 Å². The highest BCUT2D eigenvalue weighted by atomic mass is 16.5. The second-order valence-corrected chi connectivity index (χ2v) is 10.4. The second-order valence-electron chi connectivity index (χ2n) is 10.4. The molecule has 0 radical (unpaired) electrons. The standard InChI is InChI=1S/C32H32O6/c1-32(2,36)28-18-27(31(34)35)26-17-24(11-12-25(26)30(28)21-8-4-3-5-9-21)38-19-20-7-6-10-22(15-20)29-16-23(33)13-14-37-29/h3-12,15,17-18,23,29,33,36H,13-14,16,19H2,1-2H3,(H,34,35). The Morgan fingerprint density at radius 2 is 1.79 bits per heavy atom. The predicted molar refractivity (Wildman–Crippen MR) is 146 cm³/mol. The van der Waals surface area contributed by atoms with Gasteiger partial charge in [-0.25, -0.2) is 4.79 Å². The maximum absolute atomic E-state index is 12.3. The number of fused-ring (bicyclic) bond motifs is 1. The molecule has 1 saturated heterocycles. The SMILES string of the molecule is CC(C)(O)c1cc(C(=O)O)c2cc(OCc3cccc(C4CC(O)CCO4)c3)ccc2c1-c1ccccc1. The zero-order valence-corrected chi connectivity index (χ0v) is 21.6. The average Bonchev–Trinajstić information content (AvgIpc) is 2.91. The molecular formula is C32H32O6. The molecule has 1 aliphatic heterocycles. The number of carboxylic acids is 1. The minimum absolute atomic E-state index is 0.109. The van der Waals surface area contributed by atoms with Crippen LogP contribution >= 0.6 is 0 Å². The number of hydrogen-bond donors (Lipinski definition) is 3. The van der Waals surface area contributed by atoms with E-state index in [0.29, 0.717) is 42.8 Å². The van der Waals surface area contributed by atoms with Crippen molar-refractivity contribution in [3.8, 4) is 16.9 Å². The van der Waals surface area contributed by atoms with E-state index >= 15 is 0 Å². The molecule has 196 valence electrons. The third-order valence-corrected chi connectivity index (χ3v) is 7.05. The molecule has 38 heavy (non-hydrogen) atoms. The van der Waals surface area contributed by atoms with Crippen molar-refractivity contribution in [1.29, 1.82) is 0 Å². The molecule has 0 aromatic heterocycles. The molecule has 1 heterocycles. The molecule has 1 fully saturated rings. The van der Waals surface area contributed by atoms with Crippen molar-refractivity contribution in [3.05, 3.63) is 101 Å². The van der Waals surface area contributed by atoms with E-state index in [1.165, 1.54) is 0 Å². The Bertz CT molecular complexity index is 1450. The van der Waals surface area contributed by atoms with Gasteiger partial charge in [-0.15, -0.1) is 0 Å². The monoisotopic (exact) mass is 512 g/mol. The van der Waals surface area contributed by atoms with E-state index in [4.69, 9.17) is 9.47 Å². The maximum atomic E-state index is 12.3. The van der Waals surface area contributed by atoms with E-state index in [2.05, 4.69) is 0 Å². The number of aliphatic hydroxyl groups excluding tert-OH is 1. The predicted octanol–water partition coefficient (Wildman–Crippen LogP) is 6.22. The lowest BCUT2D eigenvalue weighted by atomic mass is 9.84. The van der Waals surface area contributed by atoms with Crippen LogP contribution in [0.2, 0.25) is 0 Å². The molecule has 2 atom stereocenters. The third kappa shape index (κ3) is 5.43. The van der Waals surface area contributed by atoms with Crippen LogP contribution in [0.25, 0.3) is 21.9 Å². The molecule has 0 bridgehead atoms. The fourth-order valence-electron chi connectivity index (χ4n) is 5.13. The summed E-state index contributed by atoms with van der Waals surface area (Å²) in [6.07, 6.45) is 0.734. The Labute approximate surface area is 222 Å². The summed E-state index contributed by atoms with van der Waals surface area (Å²) >= 11 is 0. The Morgan fingerprint density at radius 1 is 1.00 bits per heavy atom. The Balaban J connectivity index is 1.50. The summed E-state index contributed by atoms with van der Waals surface area (Å²) in [6, 6.07) is 24.6. The molecule has 0 aliphatic carbocycles. The van der Waals surface area contributed by atoms with Crippen molar-refractivity contribution in [2.24, 2.45) is 0 Å². The Hall–Kier alpha value is -3.71. The van der Waals surface area contributed by atoms with Gasteiger partial charge in [-0.2, -0.15) is 0 Å². The zero-order chi connectivity index (χ0) is 26.9. The van der Waals surface area contributed by atoms with E-state index in [-0.39, 0.29) is 17.8 Å². The van der Waals surface area contributed by atoms with Gasteiger partial charge in [0.15, 0.2) is 0 Å². The van der Waals surface area contributed by atoms with Crippen LogP contribution in [0.4, 0.5) is 0 Å². The summed E-state index contributed by atoms with van der Waals surface area (Å²) in [5.74, 6) is -0.524. The van der Waals surface area contributed by atoms with Crippen LogP contribution in [-0.2, 0) is 16.9 Å². The van der Waals surface area contributed by atoms with Crippen molar-refractivity contribution in [1.82, 2.24) is 0 Å². The van der Waals surface area contributed by atoms with E-state index in [1.54, 1.807) is 26.0 Å². The van der Waals surface area contributed by atoms with Gasteiger partial charge in [0, 0.05) is 18.4 Å². The minimum Gasteiger partial charge on any atom is -0.489 e. The Morgan fingerprint density at radius 3 is 2.50 bits per heavy atom. The molecule has 0 spiro atoms. The van der Waals surface area contributed by atoms with Gasteiger partial charge in [-0.3, -0.25) is 0 Å². The quantitative estimate of drug-likeness (QED) is 0.272. The molecule has 2 unspecified atom stereocenters. The summed E-state index contributed by atoms with van der Waals surface area (Å²) in [4.78, 5) is 12.3. The van der Waals surface area contributed by atoms with Crippen molar-refractivity contribution in [2.45, 2.75) is 51.1 Å². The number of hydrogen-bond acceptors (Lipinski definition) is 5. The number of aliphatic hydroxyl groups is 2. The summed E-state index contributed by atoms with van der Waals surface area (Å²) in [5.41, 5.74) is 3.06. The van der Waals surface area contributed by atoms with Crippen LogP contribution in [0.15, 0.2) is 78.9 Å². The fraction of sp³-hybridized carbons (Fsp3) is 0.281. The molecule has 6 heteroatoms. The fourth-order valence-corrected chi connectivity index (χ4v) is 5.13. The lowest BCUT2D eigenvalue weighted by Crippen LogP contribution is -2.23. The van der Waals surface area contributed by atoms with Gasteiger partial charge in [-0.05, 0) is 77.7 Å². The molecule has 1 aliphatic rings. The molecule has 3 N–H and O–H groups in total. The largest absolute Gasteiger partial charge is 0.489 e. The van der Waals surface area contributed by atoms with Crippen molar-refractivity contribution in [2.75, 3.05) is 6.61 Å². The average molecular weight is 513 g/mol. The summed E-state index contributed by atoms with van der Waals surface area (Å²) in [5, 5.41) is 32.3. The number of carboxylic acid groups (broad SMARTS) is 1. The van der Waals surface area contributed by atoms with Crippen molar-refractivity contribution in [3.63, 3.8) is 0 Å². The van der Waals surface area contributed by atoms with Gasteiger partial charge < -0.3 is 24.8 Å². The topological polar surface area (TPSA) is 96.2 Å². The number of rotatable bonds is 7. The molecular weight excluding hydrogens is 480 g/mol. The minimum atomic E-state index is -1.25. The van der Waals surface area contributed by atoms with E-state index in [0.717, 1.165) is 27.6 Å². The Kier molecular flexibility index (Phi) is 7.21. The number of carbonyl (C=O) groups is 1. The van der Waals surface area contributed by atoms with Gasteiger partial charge >= 0.3 is 5.97 Å². The van der Waals surface area contributed by atoms with Gasteiger partial charge in [0.1, 0.15) is 12.4 Å². The van der Waals surface area contributed by atoms with E-state index < -0.39 is 11.6 Å². The lowest BCUT2D eigenvalue weighted by molar-refractivity contribution is -0.0448. The number of aromatic carboxylic acids is 1. The smallest absolute Gasteiger partial charge is 0.336 e. The van der Waals surface area contributed by atoms with Gasteiger partial charge in [0.2, 0.25) is 0 Å². The van der Waals surface area contributed by atoms with Crippen LogP contribution in [0.1, 0.15) is 59.8 Å². The van der Waals surface area contributed by atoms with Gasteiger partial charge in [0.25, 0.3) is 0 Å². The summed E-state index contributed by atoms with van der Waals surface area (Å²) in [6.45, 7) is 4.16. The molecule has 4 aromatic carbocycles. The highest BCUT2D eigenvalue weighted by Gasteiger charge is 2.26. The molecule has 0 amide bonds. The second kappa shape index (κ2) is 10.6. The first-order chi connectivity index (χ1) is 18.2. The van der Waals surface area contributed by atoms with Crippen LogP contribution in [0.5, 0.6) is 5.75 Å². The highest BCUT2D eigenvalue weighted by molar-refractivity contribution is 6.10. The first-order valence-corrected chi connectivity index (χ1v) is 12.8. The summed E-state index contributed by atoms with van der Waals surface area (Å²) in [7, 11) is 0. The highest BCUT2D eigenvalue weighted by Crippen LogP contribution is 2.40. The molecule has 5 rings (SSSR count). The summed E-state index contributed by atoms with van der Waals surface area (Å²) < 4.78 is 12.0. The normalized spacial score (nSPS) is 17.9. The number of benzene rings is 4. The molecule has 6 nitrogen and oxygen atoms in total. The van der Waals surface area contributed by atoms with Gasteiger partial charge in [0.05, 0.1) is 23.4 Å². The first kappa shape index (κ1) is 25.9. The van der Waals surface area contributed by atoms with E-state index in [1.807, 2.05) is 66.7 Å². The van der Waals surface area contributed by atoms with Crippen LogP contribution in [-0.4, -0.2) is 34.0 Å². The molecule has 0 saturated carbocycles. The zero-order valence-electron chi connectivity index (χ0n) is 21.6. The van der Waals surface area contributed by atoms with Crippen molar-refractivity contribution >= 4 is 16.7 Å². The van der Waals surface area contributed by atoms with Crippen LogP contribution in [0, 0.1) is 0 Å². The maximum Gasteiger partial charge on any atom is 0.336 e. The van der Waals surface area contributed by atoms with Gasteiger partial charge in [-0.1, -0.05) is 54.6 Å². The third-order valence-electron chi connectivity index (χ3n) is 7.05. The van der Waals surface area contributed by atoms with Crippen molar-refractivity contribution < 1.29 is 29.6 Å². The first-order valence-electron chi connectivity index (χ1n) is 12.8. The lowest BCUT2D eigenvalue weighted by Gasteiger charge is -2.27. The van der Waals surface area contributed by atoms with Crippen LogP contribution in [0.3, 0.4) is 0 Å². The van der Waals surface area contributed by atoms with Crippen LogP contribution < -0.4 is 4.74 Å².